The highest BCUT2D eigenvalue weighted by molar-refractivity contribution is 6.05. The molecule has 4 nitrogen and oxygen atoms in total. The predicted octanol–water partition coefficient (Wildman–Crippen LogP) is 2.81. The van der Waals surface area contributed by atoms with E-state index < -0.39 is 5.60 Å². The first kappa shape index (κ1) is 13.2. The van der Waals surface area contributed by atoms with Crippen LogP contribution in [0.25, 0.3) is 11.0 Å². The maximum Gasteiger partial charge on any atom is 0.257 e. The molecule has 0 atom stereocenters. The molecule has 4 heteroatoms. The van der Waals surface area contributed by atoms with E-state index in [-0.39, 0.29) is 5.91 Å². The molecule has 1 aliphatic carbocycles. The van der Waals surface area contributed by atoms with Gasteiger partial charge in [0.2, 0.25) is 0 Å². The van der Waals surface area contributed by atoms with E-state index in [0.29, 0.717) is 17.7 Å². The minimum atomic E-state index is -0.718. The van der Waals surface area contributed by atoms with Crippen molar-refractivity contribution in [2.75, 3.05) is 13.6 Å². The van der Waals surface area contributed by atoms with E-state index in [1.807, 2.05) is 24.3 Å². The van der Waals surface area contributed by atoms with Gasteiger partial charge in [-0.1, -0.05) is 31.0 Å². The molecule has 1 N–H and O–H groups in total. The molecule has 1 aliphatic rings. The lowest BCUT2D eigenvalue weighted by atomic mass is 10.0. The second-order valence-corrected chi connectivity index (χ2v) is 5.74. The van der Waals surface area contributed by atoms with E-state index in [1.165, 1.54) is 6.26 Å². The third-order valence-corrected chi connectivity index (χ3v) is 4.12. The molecule has 0 unspecified atom stereocenters. The van der Waals surface area contributed by atoms with Crippen molar-refractivity contribution < 1.29 is 14.3 Å². The molecule has 1 amide bonds. The molecule has 1 fully saturated rings. The summed E-state index contributed by atoms with van der Waals surface area (Å²) in [6, 6.07) is 7.49. The van der Waals surface area contributed by atoms with Crippen LogP contribution in [0.1, 0.15) is 36.0 Å². The van der Waals surface area contributed by atoms with Gasteiger partial charge in [0.25, 0.3) is 5.91 Å². The van der Waals surface area contributed by atoms with Crippen LogP contribution in [0.2, 0.25) is 0 Å². The van der Waals surface area contributed by atoms with Crippen LogP contribution in [0.15, 0.2) is 34.9 Å². The zero-order valence-electron chi connectivity index (χ0n) is 11.6. The number of carbonyl (C=O) groups excluding carboxylic acids is 1. The molecule has 1 aromatic carbocycles. The molecular formula is C16H19NO3. The largest absolute Gasteiger partial charge is 0.463 e. The fraction of sp³-hybridized carbons (Fsp3) is 0.438. The Bertz CT molecular complexity index is 625. The average Bonchev–Trinajstić information content (AvgIpc) is 3.04. The molecule has 1 saturated carbocycles. The van der Waals surface area contributed by atoms with Crippen molar-refractivity contribution in [1.29, 1.82) is 0 Å². The Morgan fingerprint density at radius 2 is 2.05 bits per heavy atom. The monoisotopic (exact) mass is 273 g/mol. The summed E-state index contributed by atoms with van der Waals surface area (Å²) in [5.41, 5.74) is 0.553. The molecule has 0 bridgehead atoms. The van der Waals surface area contributed by atoms with Gasteiger partial charge in [-0.05, 0) is 18.9 Å². The van der Waals surface area contributed by atoms with Gasteiger partial charge in [0.15, 0.2) is 0 Å². The standard InChI is InChI=1S/C16H19NO3/c1-17(11-16(19)8-4-5-9-16)15(18)13-10-20-14-7-3-2-6-12(13)14/h2-3,6-7,10,19H,4-5,8-9,11H2,1H3. The van der Waals surface area contributed by atoms with Crippen molar-refractivity contribution in [3.8, 4) is 0 Å². The highest BCUT2D eigenvalue weighted by atomic mass is 16.3. The van der Waals surface area contributed by atoms with Gasteiger partial charge in [-0.2, -0.15) is 0 Å². The Morgan fingerprint density at radius 3 is 2.80 bits per heavy atom. The Labute approximate surface area is 118 Å². The van der Waals surface area contributed by atoms with Gasteiger partial charge in [-0.25, -0.2) is 0 Å². The lowest BCUT2D eigenvalue weighted by molar-refractivity contribution is 0.0157. The van der Waals surface area contributed by atoms with Gasteiger partial charge in [0, 0.05) is 19.0 Å². The minimum absolute atomic E-state index is 0.102. The Hall–Kier alpha value is -1.81. The zero-order valence-corrected chi connectivity index (χ0v) is 11.6. The Kier molecular flexibility index (Phi) is 3.26. The molecule has 1 heterocycles. The van der Waals surface area contributed by atoms with E-state index in [2.05, 4.69) is 0 Å². The number of furan rings is 1. The van der Waals surface area contributed by atoms with E-state index in [4.69, 9.17) is 4.42 Å². The van der Waals surface area contributed by atoms with Crippen molar-refractivity contribution in [3.05, 3.63) is 36.1 Å². The zero-order chi connectivity index (χ0) is 14.2. The number of nitrogens with zero attached hydrogens (tertiary/aromatic N) is 1. The smallest absolute Gasteiger partial charge is 0.257 e. The number of aliphatic hydroxyl groups is 1. The van der Waals surface area contributed by atoms with Gasteiger partial charge in [0.05, 0.1) is 11.2 Å². The third-order valence-electron chi connectivity index (χ3n) is 4.12. The summed E-state index contributed by atoms with van der Waals surface area (Å²) < 4.78 is 5.41. The molecule has 0 aliphatic heterocycles. The quantitative estimate of drug-likeness (QED) is 0.935. The summed E-state index contributed by atoms with van der Waals surface area (Å²) in [5, 5.41) is 11.2. The van der Waals surface area contributed by atoms with E-state index in [9.17, 15) is 9.90 Å². The highest BCUT2D eigenvalue weighted by Crippen LogP contribution is 2.30. The number of likely N-dealkylation sites (N-methyl/N-ethyl adjacent to an activating group) is 1. The van der Waals surface area contributed by atoms with Gasteiger partial charge in [-0.15, -0.1) is 0 Å². The van der Waals surface area contributed by atoms with Crippen LogP contribution in [-0.2, 0) is 0 Å². The number of benzene rings is 1. The molecule has 20 heavy (non-hydrogen) atoms. The number of carbonyl (C=O) groups is 1. The first-order chi connectivity index (χ1) is 9.59. The van der Waals surface area contributed by atoms with Crippen LogP contribution in [0, 0.1) is 0 Å². The summed E-state index contributed by atoms with van der Waals surface area (Å²) in [7, 11) is 1.74. The number of para-hydroxylation sites is 1. The lowest BCUT2D eigenvalue weighted by Gasteiger charge is -2.28. The fourth-order valence-electron chi connectivity index (χ4n) is 3.05. The number of rotatable bonds is 3. The van der Waals surface area contributed by atoms with Crippen LogP contribution in [0.5, 0.6) is 0 Å². The van der Waals surface area contributed by atoms with Gasteiger partial charge < -0.3 is 14.4 Å². The molecule has 2 aromatic rings. The van der Waals surface area contributed by atoms with Gasteiger partial charge in [-0.3, -0.25) is 4.79 Å². The summed E-state index contributed by atoms with van der Waals surface area (Å²) in [6.45, 7) is 0.380. The molecule has 1 aromatic heterocycles. The van der Waals surface area contributed by atoms with Crippen LogP contribution in [0.4, 0.5) is 0 Å². The number of fused-ring (bicyclic) bond motifs is 1. The van der Waals surface area contributed by atoms with Crippen LogP contribution in [0.3, 0.4) is 0 Å². The van der Waals surface area contributed by atoms with Gasteiger partial charge >= 0.3 is 0 Å². The SMILES string of the molecule is CN(CC1(O)CCCC1)C(=O)c1coc2ccccc12. The second kappa shape index (κ2) is 4.94. The number of hydrogen-bond acceptors (Lipinski definition) is 3. The van der Waals surface area contributed by atoms with E-state index >= 15 is 0 Å². The summed E-state index contributed by atoms with van der Waals surface area (Å²) in [6.07, 6.45) is 5.12. The van der Waals surface area contributed by atoms with Crippen molar-refractivity contribution in [2.45, 2.75) is 31.3 Å². The Balaban J connectivity index is 1.81. The first-order valence-electron chi connectivity index (χ1n) is 7.03. The summed E-state index contributed by atoms with van der Waals surface area (Å²) in [5.74, 6) is -0.102. The topological polar surface area (TPSA) is 53.7 Å². The maximum atomic E-state index is 12.5. The molecule has 0 radical (unpaired) electrons. The normalized spacial score (nSPS) is 17.5. The predicted molar refractivity (Wildman–Crippen MR) is 76.6 cm³/mol. The lowest BCUT2D eigenvalue weighted by Crippen LogP contribution is -2.41. The van der Waals surface area contributed by atoms with Gasteiger partial charge in [0.1, 0.15) is 11.8 Å². The maximum absolute atomic E-state index is 12.5. The number of hydrogen-bond donors (Lipinski definition) is 1. The van der Waals surface area contributed by atoms with Crippen LogP contribution < -0.4 is 0 Å². The fourth-order valence-corrected chi connectivity index (χ4v) is 3.05. The summed E-state index contributed by atoms with van der Waals surface area (Å²) >= 11 is 0. The van der Waals surface area contributed by atoms with Crippen molar-refractivity contribution in [2.24, 2.45) is 0 Å². The number of amides is 1. The summed E-state index contributed by atoms with van der Waals surface area (Å²) in [4.78, 5) is 14.1. The van der Waals surface area contributed by atoms with Crippen LogP contribution in [-0.4, -0.2) is 35.1 Å². The Morgan fingerprint density at radius 1 is 1.35 bits per heavy atom. The molecule has 0 saturated heterocycles. The second-order valence-electron chi connectivity index (χ2n) is 5.74. The molecular weight excluding hydrogens is 254 g/mol. The molecule has 0 spiro atoms. The molecule has 106 valence electrons. The average molecular weight is 273 g/mol. The van der Waals surface area contributed by atoms with E-state index in [0.717, 1.165) is 31.1 Å². The molecule has 3 rings (SSSR count). The third kappa shape index (κ3) is 2.31. The highest BCUT2D eigenvalue weighted by Gasteiger charge is 2.34. The van der Waals surface area contributed by atoms with E-state index in [1.54, 1.807) is 11.9 Å². The van der Waals surface area contributed by atoms with Crippen molar-refractivity contribution in [1.82, 2.24) is 4.90 Å². The van der Waals surface area contributed by atoms with Crippen LogP contribution >= 0.6 is 0 Å². The first-order valence-corrected chi connectivity index (χ1v) is 7.03. The minimum Gasteiger partial charge on any atom is -0.463 e. The van der Waals surface area contributed by atoms with Crippen molar-refractivity contribution >= 4 is 16.9 Å². The van der Waals surface area contributed by atoms with Crippen molar-refractivity contribution in [3.63, 3.8) is 0 Å².